The first-order chi connectivity index (χ1) is 14.4. The molecule has 0 aliphatic rings. The van der Waals surface area contributed by atoms with E-state index >= 15 is 0 Å². The number of phenols is 6. The summed E-state index contributed by atoms with van der Waals surface area (Å²) in [4.78, 5) is 24.0. The molecule has 0 spiro atoms. The highest BCUT2D eigenvalue weighted by Gasteiger charge is 2.20. The molecule has 168 valence electrons. The summed E-state index contributed by atoms with van der Waals surface area (Å²) in [5.74, 6) is -5.68. The van der Waals surface area contributed by atoms with Gasteiger partial charge in [0.2, 0.25) is 0 Å². The lowest BCUT2D eigenvalue weighted by Crippen LogP contribution is -2.45. The van der Waals surface area contributed by atoms with Crippen LogP contribution in [0.15, 0.2) is 24.3 Å². The van der Waals surface area contributed by atoms with Crippen LogP contribution in [0.5, 0.6) is 34.5 Å². The van der Waals surface area contributed by atoms with Crippen molar-refractivity contribution in [1.29, 1.82) is 0 Å². The SMILES string of the molecule is C[N+](C)(CCOC(=O)c1cc(O)c(O)c(O)c1)CCOC(=O)c1cc(O)c(O)c(O)c1. The molecule has 0 radical (unpaired) electrons. The Balaban J connectivity index is 1.81. The first-order valence-electron chi connectivity index (χ1n) is 9.07. The van der Waals surface area contributed by atoms with Gasteiger partial charge in [0.1, 0.15) is 26.3 Å². The second-order valence-electron chi connectivity index (χ2n) is 7.38. The van der Waals surface area contributed by atoms with Gasteiger partial charge in [-0.1, -0.05) is 0 Å². The summed E-state index contributed by atoms with van der Waals surface area (Å²) in [6.07, 6.45) is 0. The molecule has 0 aromatic heterocycles. The van der Waals surface area contributed by atoms with E-state index in [4.69, 9.17) is 9.47 Å². The molecule has 0 aliphatic heterocycles. The molecule has 2 aromatic carbocycles. The van der Waals surface area contributed by atoms with E-state index in [0.717, 1.165) is 24.3 Å². The normalized spacial score (nSPS) is 11.2. The second kappa shape index (κ2) is 9.30. The largest absolute Gasteiger partial charge is 0.504 e. The molecule has 11 heteroatoms. The van der Waals surface area contributed by atoms with Crippen LogP contribution < -0.4 is 0 Å². The summed E-state index contributed by atoms with van der Waals surface area (Å²) >= 11 is 0. The lowest BCUT2D eigenvalue weighted by Gasteiger charge is -2.29. The smallest absolute Gasteiger partial charge is 0.338 e. The van der Waals surface area contributed by atoms with E-state index in [0.29, 0.717) is 17.6 Å². The number of nitrogens with zero attached hydrogens (tertiary/aromatic N) is 1. The van der Waals surface area contributed by atoms with Crippen LogP contribution in [0, 0.1) is 0 Å². The van der Waals surface area contributed by atoms with Crippen LogP contribution in [0.4, 0.5) is 0 Å². The molecule has 0 amide bonds. The molecule has 0 saturated carbocycles. The summed E-state index contributed by atoms with van der Waals surface area (Å²) in [7, 11) is 3.61. The van der Waals surface area contributed by atoms with Gasteiger partial charge in [-0.2, -0.15) is 0 Å². The van der Waals surface area contributed by atoms with E-state index < -0.39 is 46.4 Å². The maximum absolute atomic E-state index is 12.0. The highest BCUT2D eigenvalue weighted by Crippen LogP contribution is 2.36. The lowest BCUT2D eigenvalue weighted by atomic mass is 10.2. The summed E-state index contributed by atoms with van der Waals surface area (Å²) in [5, 5.41) is 56.4. The second-order valence-corrected chi connectivity index (χ2v) is 7.38. The fraction of sp³-hybridized carbons (Fsp3) is 0.300. The van der Waals surface area contributed by atoms with Gasteiger partial charge in [-0.15, -0.1) is 0 Å². The van der Waals surface area contributed by atoms with Gasteiger partial charge in [0, 0.05) is 0 Å². The number of benzene rings is 2. The maximum atomic E-state index is 12.0. The average molecular weight is 438 g/mol. The van der Waals surface area contributed by atoms with Crippen molar-refractivity contribution in [3.63, 3.8) is 0 Å². The number of carbonyl (C=O) groups is 2. The van der Waals surface area contributed by atoms with Crippen molar-refractivity contribution in [3.8, 4) is 34.5 Å². The van der Waals surface area contributed by atoms with Crippen molar-refractivity contribution < 1.29 is 54.2 Å². The quantitative estimate of drug-likeness (QED) is 0.198. The van der Waals surface area contributed by atoms with Crippen molar-refractivity contribution in [1.82, 2.24) is 0 Å². The van der Waals surface area contributed by atoms with Gasteiger partial charge in [-0.3, -0.25) is 0 Å². The van der Waals surface area contributed by atoms with Crippen molar-refractivity contribution in [2.45, 2.75) is 0 Å². The van der Waals surface area contributed by atoms with Crippen molar-refractivity contribution in [3.05, 3.63) is 35.4 Å². The van der Waals surface area contributed by atoms with Crippen LogP contribution in [0.3, 0.4) is 0 Å². The zero-order valence-corrected chi connectivity index (χ0v) is 16.9. The van der Waals surface area contributed by atoms with E-state index in [9.17, 15) is 40.2 Å². The first-order valence-corrected chi connectivity index (χ1v) is 9.07. The average Bonchev–Trinajstić information content (AvgIpc) is 2.68. The Morgan fingerprint density at radius 1 is 0.677 bits per heavy atom. The Morgan fingerprint density at radius 2 is 0.968 bits per heavy atom. The van der Waals surface area contributed by atoms with Crippen LogP contribution in [0.25, 0.3) is 0 Å². The van der Waals surface area contributed by atoms with Gasteiger partial charge in [0.05, 0.1) is 25.2 Å². The van der Waals surface area contributed by atoms with Gasteiger partial charge in [-0.05, 0) is 24.3 Å². The number of likely N-dealkylation sites (N-methyl/N-ethyl adjacent to an activating group) is 1. The van der Waals surface area contributed by atoms with E-state index in [1.807, 2.05) is 0 Å². The molecule has 11 nitrogen and oxygen atoms in total. The molecule has 31 heavy (non-hydrogen) atoms. The van der Waals surface area contributed by atoms with Gasteiger partial charge in [-0.25, -0.2) is 9.59 Å². The van der Waals surface area contributed by atoms with Crippen LogP contribution in [-0.2, 0) is 9.47 Å². The molecule has 0 aliphatic carbocycles. The molecule has 2 rings (SSSR count). The number of quaternary nitrogens is 1. The summed E-state index contributed by atoms with van der Waals surface area (Å²) < 4.78 is 10.5. The third kappa shape index (κ3) is 6.06. The zero-order valence-electron chi connectivity index (χ0n) is 16.9. The Hall–Kier alpha value is -3.86. The van der Waals surface area contributed by atoms with E-state index in [1.54, 1.807) is 14.1 Å². The maximum Gasteiger partial charge on any atom is 0.338 e. The first kappa shape index (κ1) is 23.4. The third-order valence-corrected chi connectivity index (χ3v) is 4.47. The molecular formula is C20H24NO10+. The number of phenolic OH excluding ortho intramolecular Hbond substituents is 6. The fourth-order valence-corrected chi connectivity index (χ4v) is 2.49. The minimum absolute atomic E-state index is 0.0120. The number of hydrogen-bond donors (Lipinski definition) is 6. The number of carbonyl (C=O) groups excluding carboxylic acids is 2. The van der Waals surface area contributed by atoms with E-state index in [1.165, 1.54) is 0 Å². The summed E-state index contributed by atoms with van der Waals surface area (Å²) in [5.41, 5.74) is -0.264. The molecule has 2 aromatic rings. The van der Waals surface area contributed by atoms with Gasteiger partial charge in [0.25, 0.3) is 0 Å². The van der Waals surface area contributed by atoms with Crippen molar-refractivity contribution in [2.75, 3.05) is 40.4 Å². The van der Waals surface area contributed by atoms with E-state index in [2.05, 4.69) is 0 Å². The van der Waals surface area contributed by atoms with Gasteiger partial charge < -0.3 is 44.6 Å². The number of esters is 2. The number of aromatic hydroxyl groups is 6. The Morgan fingerprint density at radius 3 is 1.26 bits per heavy atom. The Bertz CT molecular complexity index is 862. The predicted molar refractivity (Wildman–Crippen MR) is 105 cm³/mol. The molecular weight excluding hydrogens is 414 g/mol. The minimum Gasteiger partial charge on any atom is -0.504 e. The third-order valence-electron chi connectivity index (χ3n) is 4.47. The Kier molecular flexibility index (Phi) is 7.03. The fourth-order valence-electron chi connectivity index (χ4n) is 2.49. The lowest BCUT2D eigenvalue weighted by molar-refractivity contribution is -0.890. The molecule has 0 saturated heterocycles. The Labute approximate surface area is 177 Å². The molecule has 6 N–H and O–H groups in total. The van der Waals surface area contributed by atoms with Crippen molar-refractivity contribution >= 4 is 11.9 Å². The molecule has 0 heterocycles. The van der Waals surface area contributed by atoms with Crippen LogP contribution in [0.1, 0.15) is 20.7 Å². The molecule has 0 bridgehead atoms. The van der Waals surface area contributed by atoms with Crippen LogP contribution in [-0.4, -0.2) is 87.5 Å². The molecule has 0 atom stereocenters. The number of hydrogen-bond acceptors (Lipinski definition) is 10. The van der Waals surface area contributed by atoms with Crippen molar-refractivity contribution in [2.24, 2.45) is 0 Å². The molecule has 0 fully saturated rings. The van der Waals surface area contributed by atoms with Gasteiger partial charge in [0.15, 0.2) is 34.5 Å². The number of ether oxygens (including phenoxy) is 2. The predicted octanol–water partition coefficient (Wildman–Crippen LogP) is 1.01. The van der Waals surface area contributed by atoms with Crippen LogP contribution >= 0.6 is 0 Å². The van der Waals surface area contributed by atoms with E-state index in [-0.39, 0.29) is 24.3 Å². The van der Waals surface area contributed by atoms with Gasteiger partial charge >= 0.3 is 11.9 Å². The monoisotopic (exact) mass is 438 g/mol. The standard InChI is InChI=1S/C20H23NO10/c1-21(2,3-5-30-19(28)11-7-13(22)17(26)14(23)8-11)4-6-31-20(29)12-9-15(24)18(27)16(25)10-12/h7-10H,3-6H2,1-2H3,(H5-,22,23,24,25,26,27,28,29)/p+1. The topological polar surface area (TPSA) is 174 Å². The highest BCUT2D eigenvalue weighted by molar-refractivity contribution is 5.91. The highest BCUT2D eigenvalue weighted by atomic mass is 16.5. The molecule has 0 unspecified atom stereocenters. The summed E-state index contributed by atoms with van der Waals surface area (Å²) in [6, 6.07) is 3.87. The number of rotatable bonds is 8. The van der Waals surface area contributed by atoms with Crippen LogP contribution in [0.2, 0.25) is 0 Å². The minimum atomic E-state index is -0.802. The summed E-state index contributed by atoms with van der Waals surface area (Å²) in [6.45, 7) is 0.671. The zero-order chi connectivity index (χ0) is 23.3.